The average molecular weight is 488 g/mol. The Hall–Kier alpha value is -3.04. The molecule has 0 bridgehead atoms. The second-order valence-corrected chi connectivity index (χ2v) is 7.68. The molecule has 0 spiro atoms. The second-order valence-electron chi connectivity index (χ2n) is 6.46. The van der Waals surface area contributed by atoms with Gasteiger partial charge in [-0.15, -0.1) is 0 Å². The summed E-state index contributed by atoms with van der Waals surface area (Å²) in [5.74, 6) is -0.758. The first-order valence-corrected chi connectivity index (χ1v) is 10.1. The summed E-state index contributed by atoms with van der Waals surface area (Å²) in [5.41, 5.74) is 1.31. The van der Waals surface area contributed by atoms with Gasteiger partial charge in [-0.2, -0.15) is 0 Å². The van der Waals surface area contributed by atoms with Crippen molar-refractivity contribution in [3.63, 3.8) is 0 Å². The van der Waals surface area contributed by atoms with Crippen LogP contribution in [-0.4, -0.2) is 53.3 Å². The normalized spacial score (nSPS) is 14.1. The molecule has 0 aliphatic carbocycles. The molecule has 30 heavy (non-hydrogen) atoms. The molecule has 9 heteroatoms. The highest BCUT2D eigenvalue weighted by molar-refractivity contribution is 9.10. The quantitative estimate of drug-likeness (QED) is 0.398. The lowest BCUT2D eigenvalue weighted by atomic mass is 10.1. The third-order valence-electron chi connectivity index (χ3n) is 4.33. The zero-order valence-electron chi connectivity index (χ0n) is 16.2. The van der Waals surface area contributed by atoms with Gasteiger partial charge in [0.15, 0.2) is 11.7 Å². The van der Waals surface area contributed by atoms with E-state index < -0.39 is 11.8 Å². The number of thiocarbonyl (C=S) groups is 1. The topological polar surface area (TPSA) is 79.0 Å². The van der Waals surface area contributed by atoms with Crippen LogP contribution in [-0.2, 0) is 14.4 Å². The molecule has 0 unspecified atom stereocenters. The van der Waals surface area contributed by atoms with Crippen molar-refractivity contribution in [1.82, 2.24) is 9.80 Å². The van der Waals surface area contributed by atoms with E-state index in [1.165, 1.54) is 30.0 Å². The number of halogens is 1. The summed E-state index contributed by atoms with van der Waals surface area (Å²) in [5, 5.41) is 2.89. The summed E-state index contributed by atoms with van der Waals surface area (Å²) in [6.07, 6.45) is 1.50. The SMILES string of the molecule is CN1C(=O)C(=Cc2ccc(OCC(=O)Nc3ccccc3)c(Br)c2)C(=O)N(C)C1=S. The van der Waals surface area contributed by atoms with Crippen LogP contribution >= 0.6 is 28.1 Å². The molecule has 0 radical (unpaired) electrons. The van der Waals surface area contributed by atoms with Crippen LogP contribution < -0.4 is 10.1 Å². The number of rotatable bonds is 5. The zero-order chi connectivity index (χ0) is 21.8. The van der Waals surface area contributed by atoms with E-state index >= 15 is 0 Å². The van der Waals surface area contributed by atoms with E-state index in [1.54, 1.807) is 30.3 Å². The highest BCUT2D eigenvalue weighted by atomic mass is 79.9. The molecule has 3 amide bonds. The van der Waals surface area contributed by atoms with Crippen LogP contribution in [0.25, 0.3) is 6.08 Å². The van der Waals surface area contributed by atoms with Crippen molar-refractivity contribution in [2.45, 2.75) is 0 Å². The number of carbonyl (C=O) groups excluding carboxylic acids is 3. The maximum absolute atomic E-state index is 12.4. The molecule has 0 saturated carbocycles. The summed E-state index contributed by atoms with van der Waals surface area (Å²) in [7, 11) is 3.05. The van der Waals surface area contributed by atoms with E-state index in [0.29, 0.717) is 21.5 Å². The van der Waals surface area contributed by atoms with Crippen LogP contribution in [0.3, 0.4) is 0 Å². The first-order valence-electron chi connectivity index (χ1n) is 8.87. The molecule has 0 atom stereocenters. The summed E-state index contributed by atoms with van der Waals surface area (Å²) >= 11 is 8.47. The molecule has 1 saturated heterocycles. The lowest BCUT2D eigenvalue weighted by Crippen LogP contribution is -2.52. The van der Waals surface area contributed by atoms with Crippen molar-refractivity contribution in [3.05, 3.63) is 64.1 Å². The van der Waals surface area contributed by atoms with Gasteiger partial charge in [-0.1, -0.05) is 24.3 Å². The molecule has 1 fully saturated rings. The minimum absolute atomic E-state index is 0.0106. The number of hydrogen-bond donors (Lipinski definition) is 1. The van der Waals surface area contributed by atoms with Crippen molar-refractivity contribution < 1.29 is 19.1 Å². The fourth-order valence-corrected chi connectivity index (χ4v) is 3.40. The molecular weight excluding hydrogens is 470 g/mol. The third-order valence-corrected chi connectivity index (χ3v) is 5.49. The van der Waals surface area contributed by atoms with Crippen LogP contribution in [0.4, 0.5) is 5.69 Å². The number of anilines is 1. The summed E-state index contributed by atoms with van der Waals surface area (Å²) in [6.45, 7) is -0.169. The maximum Gasteiger partial charge on any atom is 0.265 e. The molecule has 2 aromatic carbocycles. The van der Waals surface area contributed by atoms with Crippen LogP contribution in [0.2, 0.25) is 0 Å². The van der Waals surface area contributed by atoms with Gasteiger partial charge in [0.25, 0.3) is 17.7 Å². The predicted octanol–water partition coefficient (Wildman–Crippen LogP) is 3.07. The van der Waals surface area contributed by atoms with Crippen LogP contribution in [0.5, 0.6) is 5.75 Å². The van der Waals surface area contributed by atoms with Gasteiger partial charge in [-0.3, -0.25) is 24.2 Å². The van der Waals surface area contributed by atoms with Crippen LogP contribution in [0.1, 0.15) is 5.56 Å². The van der Waals surface area contributed by atoms with Gasteiger partial charge in [0, 0.05) is 19.8 Å². The lowest BCUT2D eigenvalue weighted by molar-refractivity contribution is -0.132. The van der Waals surface area contributed by atoms with E-state index in [2.05, 4.69) is 21.2 Å². The minimum Gasteiger partial charge on any atom is -0.483 e. The molecule has 154 valence electrons. The predicted molar refractivity (Wildman–Crippen MR) is 121 cm³/mol. The van der Waals surface area contributed by atoms with Crippen LogP contribution in [0.15, 0.2) is 58.6 Å². The number of benzene rings is 2. The zero-order valence-corrected chi connectivity index (χ0v) is 18.6. The fraction of sp³-hybridized carbons (Fsp3) is 0.143. The van der Waals surface area contributed by atoms with E-state index in [4.69, 9.17) is 17.0 Å². The van der Waals surface area contributed by atoms with Crippen molar-refractivity contribution >= 4 is 62.7 Å². The number of carbonyl (C=O) groups is 3. The van der Waals surface area contributed by atoms with E-state index in [0.717, 1.165) is 0 Å². The molecule has 7 nitrogen and oxygen atoms in total. The Morgan fingerprint density at radius 2 is 1.73 bits per heavy atom. The number of amides is 3. The average Bonchev–Trinajstić information content (AvgIpc) is 2.74. The van der Waals surface area contributed by atoms with Gasteiger partial charge in [0.2, 0.25) is 0 Å². The molecular formula is C21H18BrN3O4S. The molecule has 2 aromatic rings. The van der Waals surface area contributed by atoms with E-state index in [1.807, 2.05) is 18.2 Å². The summed E-state index contributed by atoms with van der Waals surface area (Å²) in [6, 6.07) is 14.1. The van der Waals surface area contributed by atoms with Gasteiger partial charge in [-0.25, -0.2) is 0 Å². The monoisotopic (exact) mass is 487 g/mol. The molecule has 0 aromatic heterocycles. The smallest absolute Gasteiger partial charge is 0.265 e. The Morgan fingerprint density at radius 1 is 1.10 bits per heavy atom. The molecule has 1 aliphatic heterocycles. The van der Waals surface area contributed by atoms with Gasteiger partial charge < -0.3 is 10.1 Å². The van der Waals surface area contributed by atoms with Gasteiger partial charge in [0.05, 0.1) is 4.47 Å². The number of nitrogens with zero attached hydrogens (tertiary/aromatic N) is 2. The number of para-hydroxylation sites is 1. The molecule has 1 heterocycles. The first-order chi connectivity index (χ1) is 14.3. The van der Waals surface area contributed by atoms with Gasteiger partial charge in [-0.05, 0) is 64.1 Å². The van der Waals surface area contributed by atoms with E-state index in [-0.39, 0.29) is 23.2 Å². The maximum atomic E-state index is 12.4. The summed E-state index contributed by atoms with van der Waals surface area (Å²) < 4.78 is 6.14. The number of nitrogens with one attached hydrogen (secondary N) is 1. The Morgan fingerprint density at radius 3 is 2.33 bits per heavy atom. The van der Waals surface area contributed by atoms with Crippen molar-refractivity contribution in [2.24, 2.45) is 0 Å². The Bertz CT molecular complexity index is 1030. The van der Waals surface area contributed by atoms with Gasteiger partial charge >= 0.3 is 0 Å². The highest BCUT2D eigenvalue weighted by Crippen LogP contribution is 2.28. The second kappa shape index (κ2) is 9.19. The number of likely N-dealkylation sites (N-methyl/N-ethyl adjacent to an activating group) is 2. The Balaban J connectivity index is 1.70. The summed E-state index contributed by atoms with van der Waals surface area (Å²) in [4.78, 5) is 39.4. The van der Waals surface area contributed by atoms with Crippen LogP contribution in [0, 0.1) is 0 Å². The number of hydrogen-bond acceptors (Lipinski definition) is 5. The lowest BCUT2D eigenvalue weighted by Gasteiger charge is -2.31. The minimum atomic E-state index is -0.461. The highest BCUT2D eigenvalue weighted by Gasteiger charge is 2.35. The molecule has 1 aliphatic rings. The third kappa shape index (κ3) is 4.74. The van der Waals surface area contributed by atoms with Crippen molar-refractivity contribution in [3.8, 4) is 5.75 Å². The van der Waals surface area contributed by atoms with Crippen molar-refractivity contribution in [2.75, 3.05) is 26.0 Å². The first kappa shape index (κ1) is 21.7. The fourth-order valence-electron chi connectivity index (χ4n) is 2.73. The largest absolute Gasteiger partial charge is 0.483 e. The Kier molecular flexibility index (Phi) is 6.63. The molecule has 1 N–H and O–H groups in total. The van der Waals surface area contributed by atoms with E-state index in [9.17, 15) is 14.4 Å². The van der Waals surface area contributed by atoms with Crippen molar-refractivity contribution in [1.29, 1.82) is 0 Å². The Labute approximate surface area is 187 Å². The number of ether oxygens (including phenoxy) is 1. The van der Waals surface area contributed by atoms with Gasteiger partial charge in [0.1, 0.15) is 11.3 Å². The molecule has 3 rings (SSSR count). The standard InChI is InChI=1S/C21H18BrN3O4S/c1-24-19(27)15(20(28)25(2)21(24)30)10-13-8-9-17(16(22)11-13)29-12-18(26)23-14-6-4-3-5-7-14/h3-11H,12H2,1-2H3,(H,23,26).